The van der Waals surface area contributed by atoms with E-state index < -0.39 is 0 Å². The summed E-state index contributed by atoms with van der Waals surface area (Å²) >= 11 is 0. The lowest BCUT2D eigenvalue weighted by Gasteiger charge is -2.16. The van der Waals surface area contributed by atoms with Crippen LogP contribution in [0.2, 0.25) is 0 Å². The predicted octanol–water partition coefficient (Wildman–Crippen LogP) is 0.284. The fraction of sp³-hybridized carbons (Fsp3) is 0.562. The summed E-state index contributed by atoms with van der Waals surface area (Å²) < 4.78 is 4.98. The Kier molecular flexibility index (Phi) is 9.38. The fourth-order valence-corrected chi connectivity index (χ4v) is 1.83. The zero-order valence-electron chi connectivity index (χ0n) is 14.2. The third kappa shape index (κ3) is 8.15. The standard InChI is InChI=1S/C16H27N5O2/c1-4-17-16(19-10-12-23-3)20-13-15(22)21(2)11-8-14-7-5-6-9-18-14/h5-7,9H,4,8,10-13H2,1-3H3,(H2,17,19,20). The molecule has 0 fully saturated rings. The lowest BCUT2D eigenvalue weighted by Crippen LogP contribution is -2.40. The van der Waals surface area contributed by atoms with E-state index in [9.17, 15) is 4.79 Å². The van der Waals surface area contributed by atoms with Crippen LogP contribution >= 0.6 is 0 Å². The van der Waals surface area contributed by atoms with E-state index in [-0.39, 0.29) is 12.5 Å². The molecule has 2 N–H and O–H groups in total. The van der Waals surface area contributed by atoms with Crippen LogP contribution in [0.4, 0.5) is 0 Å². The number of aliphatic imine (C=N–C) groups is 1. The molecule has 0 saturated heterocycles. The van der Waals surface area contributed by atoms with Crippen LogP contribution in [0.3, 0.4) is 0 Å². The summed E-state index contributed by atoms with van der Waals surface area (Å²) in [5, 5.41) is 6.20. The third-order valence-electron chi connectivity index (χ3n) is 3.17. The van der Waals surface area contributed by atoms with Crippen LogP contribution in [-0.4, -0.2) is 68.7 Å². The molecular weight excluding hydrogens is 294 g/mol. The number of amides is 1. The van der Waals surface area contributed by atoms with Gasteiger partial charge in [0.05, 0.1) is 6.61 Å². The van der Waals surface area contributed by atoms with Gasteiger partial charge in [-0.25, -0.2) is 4.99 Å². The largest absolute Gasteiger partial charge is 0.383 e. The number of rotatable bonds is 9. The number of nitrogens with one attached hydrogen (secondary N) is 2. The van der Waals surface area contributed by atoms with Gasteiger partial charge in [-0.1, -0.05) is 6.07 Å². The van der Waals surface area contributed by atoms with Gasteiger partial charge < -0.3 is 20.3 Å². The molecule has 0 radical (unpaired) electrons. The average Bonchev–Trinajstić information content (AvgIpc) is 2.58. The number of pyridine rings is 1. The predicted molar refractivity (Wildman–Crippen MR) is 91.4 cm³/mol. The van der Waals surface area contributed by atoms with Crippen molar-refractivity contribution in [2.24, 2.45) is 4.99 Å². The SMILES string of the molecule is CCNC(=NCC(=O)N(C)CCc1ccccn1)NCCOC. The highest BCUT2D eigenvalue weighted by Crippen LogP contribution is 1.97. The Morgan fingerprint density at radius 1 is 1.39 bits per heavy atom. The van der Waals surface area contributed by atoms with Crippen molar-refractivity contribution in [3.8, 4) is 0 Å². The van der Waals surface area contributed by atoms with Crippen LogP contribution in [0.5, 0.6) is 0 Å². The first-order valence-electron chi connectivity index (χ1n) is 7.82. The lowest BCUT2D eigenvalue weighted by atomic mass is 10.2. The third-order valence-corrected chi connectivity index (χ3v) is 3.17. The minimum absolute atomic E-state index is 0.0233. The number of nitrogens with zero attached hydrogens (tertiary/aromatic N) is 3. The molecule has 0 atom stereocenters. The Morgan fingerprint density at radius 3 is 2.87 bits per heavy atom. The molecule has 7 heteroatoms. The normalized spacial score (nSPS) is 11.2. The molecule has 0 spiro atoms. The highest BCUT2D eigenvalue weighted by Gasteiger charge is 2.09. The van der Waals surface area contributed by atoms with Crippen LogP contribution in [0, 0.1) is 0 Å². The quantitative estimate of drug-likeness (QED) is 0.388. The second-order valence-corrected chi connectivity index (χ2v) is 5.00. The first-order chi connectivity index (χ1) is 11.2. The average molecular weight is 321 g/mol. The number of likely N-dealkylation sites (N-methyl/N-ethyl adjacent to an activating group) is 1. The molecule has 23 heavy (non-hydrogen) atoms. The van der Waals surface area contributed by atoms with Crippen molar-refractivity contribution in [3.63, 3.8) is 0 Å². The number of hydrogen-bond donors (Lipinski definition) is 2. The second kappa shape index (κ2) is 11.4. The first kappa shape index (κ1) is 18.9. The summed E-state index contributed by atoms with van der Waals surface area (Å²) in [6.07, 6.45) is 2.49. The van der Waals surface area contributed by atoms with E-state index in [1.165, 1.54) is 0 Å². The molecule has 0 aliphatic carbocycles. The maximum atomic E-state index is 12.1. The van der Waals surface area contributed by atoms with E-state index in [1.807, 2.05) is 25.1 Å². The van der Waals surface area contributed by atoms with Crippen molar-refractivity contribution in [2.75, 3.05) is 46.9 Å². The number of carbonyl (C=O) groups is 1. The molecular formula is C16H27N5O2. The fourth-order valence-electron chi connectivity index (χ4n) is 1.83. The number of aromatic nitrogens is 1. The number of carbonyl (C=O) groups excluding carboxylic acids is 1. The van der Waals surface area contributed by atoms with Crippen molar-refractivity contribution in [1.29, 1.82) is 0 Å². The van der Waals surface area contributed by atoms with E-state index >= 15 is 0 Å². The Morgan fingerprint density at radius 2 is 2.22 bits per heavy atom. The highest BCUT2D eigenvalue weighted by atomic mass is 16.5. The number of guanidine groups is 1. The maximum Gasteiger partial charge on any atom is 0.244 e. The van der Waals surface area contributed by atoms with Gasteiger partial charge in [-0.3, -0.25) is 9.78 Å². The summed E-state index contributed by atoms with van der Waals surface area (Å²) in [6.45, 7) is 4.69. The van der Waals surface area contributed by atoms with Crippen molar-refractivity contribution < 1.29 is 9.53 Å². The van der Waals surface area contributed by atoms with E-state index in [4.69, 9.17) is 4.74 Å². The van der Waals surface area contributed by atoms with Gasteiger partial charge in [-0.2, -0.15) is 0 Å². The van der Waals surface area contributed by atoms with Gasteiger partial charge in [0.15, 0.2) is 5.96 Å². The summed E-state index contributed by atoms with van der Waals surface area (Å²) in [5.41, 5.74) is 0.977. The molecule has 1 rings (SSSR count). The molecule has 0 bridgehead atoms. The van der Waals surface area contributed by atoms with Gasteiger partial charge in [-0.05, 0) is 19.1 Å². The molecule has 1 aromatic heterocycles. The molecule has 0 aromatic carbocycles. The Hall–Kier alpha value is -2.15. The minimum atomic E-state index is -0.0233. The molecule has 1 aromatic rings. The van der Waals surface area contributed by atoms with Crippen LogP contribution in [0.1, 0.15) is 12.6 Å². The summed E-state index contributed by atoms with van der Waals surface area (Å²) in [5.74, 6) is 0.598. The monoisotopic (exact) mass is 321 g/mol. The Bertz CT molecular complexity index is 479. The molecule has 1 heterocycles. The molecule has 128 valence electrons. The molecule has 1 amide bonds. The smallest absolute Gasteiger partial charge is 0.244 e. The minimum Gasteiger partial charge on any atom is -0.383 e. The maximum absolute atomic E-state index is 12.1. The van der Waals surface area contributed by atoms with Gasteiger partial charge >= 0.3 is 0 Å². The van der Waals surface area contributed by atoms with Crippen molar-refractivity contribution in [2.45, 2.75) is 13.3 Å². The van der Waals surface area contributed by atoms with Crippen molar-refractivity contribution in [3.05, 3.63) is 30.1 Å². The Balaban J connectivity index is 2.40. The van der Waals surface area contributed by atoms with E-state index in [0.29, 0.717) is 25.7 Å². The van der Waals surface area contributed by atoms with Crippen LogP contribution in [0.15, 0.2) is 29.4 Å². The number of ether oxygens (including phenoxy) is 1. The van der Waals surface area contributed by atoms with Crippen molar-refractivity contribution in [1.82, 2.24) is 20.5 Å². The van der Waals surface area contributed by atoms with Crippen LogP contribution in [0.25, 0.3) is 0 Å². The van der Waals surface area contributed by atoms with Crippen LogP contribution in [-0.2, 0) is 16.0 Å². The molecule has 0 aliphatic heterocycles. The second-order valence-electron chi connectivity index (χ2n) is 5.00. The zero-order valence-corrected chi connectivity index (χ0v) is 14.2. The molecule has 0 aliphatic rings. The first-order valence-corrected chi connectivity index (χ1v) is 7.82. The van der Waals surface area contributed by atoms with E-state index in [1.54, 1.807) is 25.3 Å². The van der Waals surface area contributed by atoms with Gasteiger partial charge in [0.25, 0.3) is 0 Å². The van der Waals surface area contributed by atoms with Crippen LogP contribution < -0.4 is 10.6 Å². The van der Waals surface area contributed by atoms with E-state index in [0.717, 1.165) is 18.7 Å². The molecule has 0 saturated carbocycles. The highest BCUT2D eigenvalue weighted by molar-refractivity contribution is 5.84. The van der Waals surface area contributed by atoms with Gasteiger partial charge in [-0.15, -0.1) is 0 Å². The topological polar surface area (TPSA) is 78.9 Å². The molecule has 0 unspecified atom stereocenters. The van der Waals surface area contributed by atoms with E-state index in [2.05, 4.69) is 20.6 Å². The number of methoxy groups -OCH3 is 1. The van der Waals surface area contributed by atoms with Gasteiger partial charge in [0, 0.05) is 52.1 Å². The summed E-state index contributed by atoms with van der Waals surface area (Å²) in [7, 11) is 3.43. The number of hydrogen-bond acceptors (Lipinski definition) is 4. The van der Waals surface area contributed by atoms with Gasteiger partial charge in [0.1, 0.15) is 6.54 Å². The zero-order chi connectivity index (χ0) is 16.9. The molecule has 7 nitrogen and oxygen atoms in total. The van der Waals surface area contributed by atoms with Crippen molar-refractivity contribution >= 4 is 11.9 Å². The lowest BCUT2D eigenvalue weighted by molar-refractivity contribution is -0.128. The van der Waals surface area contributed by atoms with Gasteiger partial charge in [0.2, 0.25) is 5.91 Å². The summed E-state index contributed by atoms with van der Waals surface area (Å²) in [4.78, 5) is 22.3. The summed E-state index contributed by atoms with van der Waals surface area (Å²) in [6, 6.07) is 5.79. The Labute approximate surface area is 138 Å².